The minimum atomic E-state index is -0.0962. The number of fused-ring (bicyclic) bond motifs is 1. The summed E-state index contributed by atoms with van der Waals surface area (Å²) in [6, 6.07) is 5.88. The lowest BCUT2D eigenvalue weighted by Gasteiger charge is -2.15. The molecule has 1 aliphatic carbocycles. The van der Waals surface area contributed by atoms with Crippen molar-refractivity contribution < 1.29 is 4.79 Å². The Morgan fingerprint density at radius 1 is 1.61 bits per heavy atom. The van der Waals surface area contributed by atoms with Gasteiger partial charge in [0, 0.05) is 17.5 Å². The molecular weight excluding hydrogens is 271 g/mol. The Morgan fingerprint density at radius 2 is 2.33 bits per heavy atom. The van der Waals surface area contributed by atoms with Gasteiger partial charge in [-0.3, -0.25) is 4.79 Å². The number of rotatable bonds is 3. The SMILES string of the molecule is CC(N)CC(=O)NC1CCc2cc(Cl)ccc21.Cl. The topological polar surface area (TPSA) is 55.1 Å². The van der Waals surface area contributed by atoms with Crippen LogP contribution in [0.4, 0.5) is 0 Å². The highest BCUT2D eigenvalue weighted by Gasteiger charge is 2.24. The van der Waals surface area contributed by atoms with Crippen LogP contribution >= 0.6 is 24.0 Å². The predicted molar refractivity (Wildman–Crippen MR) is 76.2 cm³/mol. The van der Waals surface area contributed by atoms with Crippen LogP contribution in [0.3, 0.4) is 0 Å². The van der Waals surface area contributed by atoms with Crippen molar-refractivity contribution in [2.24, 2.45) is 5.73 Å². The molecule has 1 aromatic carbocycles. The lowest BCUT2D eigenvalue weighted by molar-refractivity contribution is -0.122. The van der Waals surface area contributed by atoms with Crippen molar-refractivity contribution in [2.45, 2.75) is 38.3 Å². The molecule has 3 N–H and O–H groups in total. The molecular formula is C13H18Cl2N2O. The molecule has 0 heterocycles. The smallest absolute Gasteiger partial charge is 0.222 e. The van der Waals surface area contributed by atoms with Gasteiger partial charge in [-0.25, -0.2) is 0 Å². The summed E-state index contributed by atoms with van der Waals surface area (Å²) in [5.74, 6) is 0.0211. The number of hydrogen-bond acceptors (Lipinski definition) is 2. The second kappa shape index (κ2) is 6.41. The van der Waals surface area contributed by atoms with Crippen LogP contribution in [0.15, 0.2) is 18.2 Å². The lowest BCUT2D eigenvalue weighted by atomic mass is 10.1. The molecule has 0 saturated heterocycles. The molecule has 2 atom stereocenters. The van der Waals surface area contributed by atoms with E-state index in [1.54, 1.807) is 0 Å². The molecule has 18 heavy (non-hydrogen) atoms. The number of carbonyl (C=O) groups is 1. The van der Waals surface area contributed by atoms with E-state index in [1.807, 2.05) is 25.1 Å². The van der Waals surface area contributed by atoms with Crippen molar-refractivity contribution in [1.29, 1.82) is 0 Å². The maximum atomic E-state index is 11.7. The average molecular weight is 289 g/mol. The summed E-state index contributed by atoms with van der Waals surface area (Å²) in [6.45, 7) is 1.84. The van der Waals surface area contributed by atoms with Crippen LogP contribution in [-0.2, 0) is 11.2 Å². The summed E-state index contributed by atoms with van der Waals surface area (Å²) in [5.41, 5.74) is 8.03. The number of carbonyl (C=O) groups excluding carboxylic acids is 1. The minimum Gasteiger partial charge on any atom is -0.349 e. The quantitative estimate of drug-likeness (QED) is 0.898. The van der Waals surface area contributed by atoms with Crippen molar-refractivity contribution in [3.8, 4) is 0 Å². The van der Waals surface area contributed by atoms with E-state index in [2.05, 4.69) is 5.32 Å². The largest absolute Gasteiger partial charge is 0.349 e. The summed E-state index contributed by atoms with van der Waals surface area (Å²) >= 11 is 5.94. The number of nitrogens with two attached hydrogens (primary N) is 1. The third-order valence-corrected chi connectivity index (χ3v) is 3.26. The fourth-order valence-corrected chi connectivity index (χ4v) is 2.48. The maximum absolute atomic E-state index is 11.7. The fraction of sp³-hybridized carbons (Fsp3) is 0.462. The van der Waals surface area contributed by atoms with E-state index in [4.69, 9.17) is 17.3 Å². The lowest BCUT2D eigenvalue weighted by Crippen LogP contribution is -2.32. The number of aryl methyl sites for hydroxylation is 1. The number of amides is 1. The van der Waals surface area contributed by atoms with Crippen LogP contribution in [0.1, 0.15) is 36.9 Å². The standard InChI is InChI=1S/C13H17ClN2O.ClH/c1-8(15)6-13(17)16-12-5-2-9-7-10(14)3-4-11(9)12;/h3-4,7-8,12H,2,5-6,15H2,1H3,(H,16,17);1H. The Labute approximate surface area is 118 Å². The molecule has 0 aliphatic heterocycles. The number of nitrogens with one attached hydrogen (secondary N) is 1. The van der Waals surface area contributed by atoms with Gasteiger partial charge in [0.2, 0.25) is 5.91 Å². The molecule has 1 aromatic rings. The van der Waals surface area contributed by atoms with Gasteiger partial charge in [-0.2, -0.15) is 0 Å². The summed E-state index contributed by atoms with van der Waals surface area (Å²) in [6.07, 6.45) is 2.29. The van der Waals surface area contributed by atoms with Crippen LogP contribution in [0.2, 0.25) is 5.02 Å². The molecule has 0 radical (unpaired) electrons. The molecule has 0 saturated carbocycles. The Morgan fingerprint density at radius 3 is 3.00 bits per heavy atom. The zero-order chi connectivity index (χ0) is 12.4. The normalized spacial score (nSPS) is 18.7. The van der Waals surface area contributed by atoms with Crippen LogP contribution in [-0.4, -0.2) is 11.9 Å². The van der Waals surface area contributed by atoms with Gasteiger partial charge in [0.05, 0.1) is 6.04 Å². The van der Waals surface area contributed by atoms with Gasteiger partial charge in [0.1, 0.15) is 0 Å². The van der Waals surface area contributed by atoms with E-state index >= 15 is 0 Å². The van der Waals surface area contributed by atoms with E-state index in [9.17, 15) is 4.79 Å². The summed E-state index contributed by atoms with van der Waals surface area (Å²) in [4.78, 5) is 11.7. The van der Waals surface area contributed by atoms with Crippen molar-refractivity contribution >= 4 is 29.9 Å². The van der Waals surface area contributed by atoms with Crippen LogP contribution < -0.4 is 11.1 Å². The van der Waals surface area contributed by atoms with Crippen molar-refractivity contribution in [2.75, 3.05) is 0 Å². The highest BCUT2D eigenvalue weighted by molar-refractivity contribution is 6.30. The molecule has 0 aromatic heterocycles. The summed E-state index contributed by atoms with van der Waals surface area (Å²) < 4.78 is 0. The second-order valence-electron chi connectivity index (χ2n) is 4.68. The van der Waals surface area contributed by atoms with E-state index in [1.165, 1.54) is 11.1 Å². The van der Waals surface area contributed by atoms with Crippen molar-refractivity contribution in [1.82, 2.24) is 5.32 Å². The van der Waals surface area contributed by atoms with E-state index < -0.39 is 0 Å². The Hall–Kier alpha value is -0.770. The molecule has 2 unspecified atom stereocenters. The van der Waals surface area contributed by atoms with E-state index in [-0.39, 0.29) is 30.4 Å². The monoisotopic (exact) mass is 288 g/mol. The third-order valence-electron chi connectivity index (χ3n) is 3.03. The van der Waals surface area contributed by atoms with Gasteiger partial charge in [0.15, 0.2) is 0 Å². The molecule has 0 bridgehead atoms. The molecule has 1 aliphatic rings. The molecule has 0 spiro atoms. The van der Waals surface area contributed by atoms with Crippen molar-refractivity contribution in [3.05, 3.63) is 34.3 Å². The van der Waals surface area contributed by atoms with Gasteiger partial charge >= 0.3 is 0 Å². The Balaban J connectivity index is 0.00000162. The number of benzene rings is 1. The highest BCUT2D eigenvalue weighted by Crippen LogP contribution is 2.32. The van der Waals surface area contributed by atoms with Gasteiger partial charge in [-0.05, 0) is 43.0 Å². The third kappa shape index (κ3) is 3.61. The van der Waals surface area contributed by atoms with Gasteiger partial charge in [0.25, 0.3) is 0 Å². The van der Waals surface area contributed by atoms with Crippen molar-refractivity contribution in [3.63, 3.8) is 0 Å². The van der Waals surface area contributed by atoms with Gasteiger partial charge in [-0.15, -0.1) is 12.4 Å². The molecule has 5 heteroatoms. The maximum Gasteiger partial charge on any atom is 0.222 e. The van der Waals surface area contributed by atoms with E-state index in [0.29, 0.717) is 6.42 Å². The first-order valence-corrected chi connectivity index (χ1v) is 6.27. The molecule has 100 valence electrons. The summed E-state index contributed by atoms with van der Waals surface area (Å²) in [7, 11) is 0. The first-order chi connectivity index (χ1) is 8.06. The van der Waals surface area contributed by atoms with Crippen LogP contribution in [0, 0.1) is 0 Å². The number of halogens is 2. The second-order valence-corrected chi connectivity index (χ2v) is 5.12. The predicted octanol–water partition coefficient (Wildman–Crippen LogP) is 2.60. The zero-order valence-corrected chi connectivity index (χ0v) is 11.9. The first kappa shape index (κ1) is 15.3. The first-order valence-electron chi connectivity index (χ1n) is 5.89. The molecule has 0 fully saturated rings. The van der Waals surface area contributed by atoms with Crippen LogP contribution in [0.5, 0.6) is 0 Å². The summed E-state index contributed by atoms with van der Waals surface area (Å²) in [5, 5.41) is 3.78. The molecule has 1 amide bonds. The zero-order valence-electron chi connectivity index (χ0n) is 10.3. The Kier molecular flexibility index (Phi) is 5.45. The average Bonchev–Trinajstić information content (AvgIpc) is 2.59. The highest BCUT2D eigenvalue weighted by atomic mass is 35.5. The molecule has 2 rings (SSSR count). The molecule has 3 nitrogen and oxygen atoms in total. The number of hydrogen-bond donors (Lipinski definition) is 2. The van der Waals surface area contributed by atoms with Gasteiger partial charge in [-0.1, -0.05) is 17.7 Å². The Bertz CT molecular complexity index is 435. The van der Waals surface area contributed by atoms with Crippen LogP contribution in [0.25, 0.3) is 0 Å². The van der Waals surface area contributed by atoms with Gasteiger partial charge < -0.3 is 11.1 Å². The van der Waals surface area contributed by atoms with E-state index in [0.717, 1.165) is 17.9 Å². The minimum absolute atomic E-state index is 0. The fourth-order valence-electron chi connectivity index (χ4n) is 2.28.